The highest BCUT2D eigenvalue weighted by Crippen LogP contribution is 2.05. The Balaban J connectivity index is 2.72. The van der Waals surface area contributed by atoms with Gasteiger partial charge < -0.3 is 0 Å². The Bertz CT molecular complexity index is 461. The molecule has 0 amide bonds. The largest absolute Gasteiger partial charge is 0.298 e. The summed E-state index contributed by atoms with van der Waals surface area (Å²) in [5.41, 5.74) is 0.595. The average Bonchev–Trinajstić information content (AvgIpc) is 2.48. The Kier molecular flexibility index (Phi) is 3.28. The van der Waals surface area contributed by atoms with Crippen LogP contribution in [0.25, 0.3) is 0 Å². The van der Waals surface area contributed by atoms with E-state index in [4.69, 9.17) is 0 Å². The van der Waals surface area contributed by atoms with E-state index >= 15 is 0 Å². The minimum Gasteiger partial charge on any atom is -0.298 e. The summed E-state index contributed by atoms with van der Waals surface area (Å²) in [5, 5.41) is 3.06. The van der Waals surface area contributed by atoms with E-state index in [1.54, 1.807) is 24.0 Å². The number of aryl methyl sites for hydroxylation is 1. The van der Waals surface area contributed by atoms with Crippen molar-refractivity contribution in [2.45, 2.75) is 18.6 Å². The third-order valence-corrected chi connectivity index (χ3v) is 3.77. The molecule has 0 bridgehead atoms. The summed E-state index contributed by atoms with van der Waals surface area (Å²) in [5.74, 6) is -0.323. The monoisotopic (exact) mass is 230 g/mol. The lowest BCUT2D eigenvalue weighted by atomic mass is 10.2. The smallest absolute Gasteiger partial charge is 0.157 e. The van der Waals surface area contributed by atoms with Gasteiger partial charge in [-0.1, -0.05) is 0 Å². The lowest BCUT2D eigenvalue weighted by Crippen LogP contribution is -2.27. The number of hydrogen-bond donors (Lipinski definition) is 0. The third-order valence-electron chi connectivity index (χ3n) is 2.22. The molecule has 0 spiro atoms. The second-order valence-corrected chi connectivity index (χ2v) is 5.96. The van der Waals surface area contributed by atoms with Gasteiger partial charge in [0.1, 0.15) is 5.25 Å². The van der Waals surface area contributed by atoms with Gasteiger partial charge in [-0.05, 0) is 13.0 Å². The summed E-state index contributed by atoms with van der Waals surface area (Å²) in [6.07, 6.45) is 2.84. The SMILES string of the molecule is CC(C(=O)Cc1ccn(C)n1)S(C)(=O)=O. The van der Waals surface area contributed by atoms with Crippen LogP contribution in [0.1, 0.15) is 12.6 Å². The van der Waals surface area contributed by atoms with E-state index < -0.39 is 15.1 Å². The zero-order chi connectivity index (χ0) is 11.6. The van der Waals surface area contributed by atoms with Gasteiger partial charge in [0.2, 0.25) is 0 Å². The molecule has 0 fully saturated rings. The zero-order valence-corrected chi connectivity index (χ0v) is 9.78. The lowest BCUT2D eigenvalue weighted by Gasteiger charge is -2.06. The summed E-state index contributed by atoms with van der Waals surface area (Å²) < 4.78 is 23.8. The highest BCUT2D eigenvalue weighted by Gasteiger charge is 2.23. The Morgan fingerprint density at radius 3 is 2.60 bits per heavy atom. The predicted octanol–water partition coefficient (Wildman–Crippen LogP) is -0.0352. The van der Waals surface area contributed by atoms with Gasteiger partial charge in [-0.25, -0.2) is 8.42 Å². The number of aromatic nitrogens is 2. The summed E-state index contributed by atoms with van der Waals surface area (Å²) >= 11 is 0. The van der Waals surface area contributed by atoms with Crippen molar-refractivity contribution in [2.24, 2.45) is 7.05 Å². The van der Waals surface area contributed by atoms with Gasteiger partial charge in [0, 0.05) is 19.5 Å². The number of nitrogens with zero attached hydrogens (tertiary/aromatic N) is 2. The molecule has 84 valence electrons. The molecule has 0 radical (unpaired) electrons. The third kappa shape index (κ3) is 3.16. The summed E-state index contributed by atoms with van der Waals surface area (Å²) in [6.45, 7) is 1.40. The van der Waals surface area contributed by atoms with Crippen LogP contribution in [0, 0.1) is 0 Å². The van der Waals surface area contributed by atoms with Gasteiger partial charge in [-0.3, -0.25) is 9.48 Å². The number of carbonyl (C=O) groups is 1. The molecule has 1 unspecified atom stereocenters. The second-order valence-electron chi connectivity index (χ2n) is 3.60. The number of sulfone groups is 1. The normalized spacial score (nSPS) is 13.8. The summed E-state index contributed by atoms with van der Waals surface area (Å²) in [6, 6.07) is 1.70. The Labute approximate surface area is 89.0 Å². The highest BCUT2D eigenvalue weighted by molar-refractivity contribution is 7.92. The van der Waals surface area contributed by atoms with E-state index in [1.165, 1.54) is 6.92 Å². The Hall–Kier alpha value is -1.17. The van der Waals surface area contributed by atoms with Gasteiger partial charge >= 0.3 is 0 Å². The van der Waals surface area contributed by atoms with Crippen LogP contribution < -0.4 is 0 Å². The molecule has 1 rings (SSSR count). The number of carbonyl (C=O) groups excluding carboxylic acids is 1. The van der Waals surface area contributed by atoms with Crippen molar-refractivity contribution in [2.75, 3.05) is 6.26 Å². The van der Waals surface area contributed by atoms with Crippen molar-refractivity contribution in [1.82, 2.24) is 9.78 Å². The van der Waals surface area contributed by atoms with Crippen molar-refractivity contribution in [1.29, 1.82) is 0 Å². The van der Waals surface area contributed by atoms with Crippen LogP contribution in [0.2, 0.25) is 0 Å². The molecule has 0 saturated carbocycles. The first kappa shape index (κ1) is 11.9. The van der Waals surface area contributed by atoms with Crippen molar-refractivity contribution in [3.63, 3.8) is 0 Å². The topological polar surface area (TPSA) is 69.0 Å². The average molecular weight is 230 g/mol. The minimum atomic E-state index is -3.30. The molecule has 1 aromatic heterocycles. The van der Waals surface area contributed by atoms with E-state index in [-0.39, 0.29) is 12.2 Å². The number of ketones is 1. The van der Waals surface area contributed by atoms with Crippen LogP contribution in [0.4, 0.5) is 0 Å². The maximum Gasteiger partial charge on any atom is 0.157 e. The molecule has 0 aliphatic rings. The van der Waals surface area contributed by atoms with Crippen LogP contribution in [0.3, 0.4) is 0 Å². The molecule has 0 aliphatic heterocycles. The molecule has 1 heterocycles. The van der Waals surface area contributed by atoms with Crippen molar-refractivity contribution >= 4 is 15.6 Å². The van der Waals surface area contributed by atoms with Crippen molar-refractivity contribution in [3.05, 3.63) is 18.0 Å². The van der Waals surface area contributed by atoms with Gasteiger partial charge in [0.05, 0.1) is 12.1 Å². The van der Waals surface area contributed by atoms with Crippen molar-refractivity contribution in [3.8, 4) is 0 Å². The number of Topliss-reactive ketones (excluding diaryl/α,β-unsaturated/α-hetero) is 1. The van der Waals surface area contributed by atoms with Crippen LogP contribution >= 0.6 is 0 Å². The van der Waals surface area contributed by atoms with Crippen LogP contribution in [-0.4, -0.2) is 35.5 Å². The molecular formula is C9H14N2O3S. The maximum atomic E-state index is 11.5. The standard InChI is InChI=1S/C9H14N2O3S/c1-7(15(3,13)14)9(12)6-8-4-5-11(2)10-8/h4-5,7H,6H2,1-3H3. The Morgan fingerprint density at radius 2 is 2.20 bits per heavy atom. The fraction of sp³-hybridized carbons (Fsp3) is 0.556. The first-order valence-electron chi connectivity index (χ1n) is 4.51. The molecule has 0 saturated heterocycles. The van der Waals surface area contributed by atoms with Crippen LogP contribution in [0.5, 0.6) is 0 Å². The first-order valence-corrected chi connectivity index (χ1v) is 6.46. The number of hydrogen-bond acceptors (Lipinski definition) is 4. The fourth-order valence-electron chi connectivity index (χ4n) is 1.12. The first-order chi connectivity index (χ1) is 6.80. The van der Waals surface area contributed by atoms with E-state index in [9.17, 15) is 13.2 Å². The van der Waals surface area contributed by atoms with E-state index in [1.807, 2.05) is 0 Å². The molecule has 0 N–H and O–H groups in total. The van der Waals surface area contributed by atoms with Gasteiger partial charge in [-0.2, -0.15) is 5.10 Å². The molecule has 6 heteroatoms. The lowest BCUT2D eigenvalue weighted by molar-refractivity contribution is -0.117. The van der Waals surface area contributed by atoms with E-state index in [2.05, 4.69) is 5.10 Å². The van der Waals surface area contributed by atoms with Gasteiger partial charge in [0.25, 0.3) is 0 Å². The van der Waals surface area contributed by atoms with Gasteiger partial charge in [0.15, 0.2) is 15.6 Å². The molecule has 1 atom stereocenters. The molecule has 0 aliphatic carbocycles. The second kappa shape index (κ2) is 4.14. The number of rotatable bonds is 4. The zero-order valence-electron chi connectivity index (χ0n) is 8.97. The predicted molar refractivity (Wildman–Crippen MR) is 56.2 cm³/mol. The van der Waals surface area contributed by atoms with Gasteiger partial charge in [-0.15, -0.1) is 0 Å². The maximum absolute atomic E-state index is 11.5. The van der Waals surface area contributed by atoms with Crippen LogP contribution in [-0.2, 0) is 28.1 Å². The molecule has 5 nitrogen and oxygen atoms in total. The van der Waals surface area contributed by atoms with E-state index in [0.717, 1.165) is 6.26 Å². The Morgan fingerprint density at radius 1 is 1.60 bits per heavy atom. The minimum absolute atomic E-state index is 0.0646. The van der Waals surface area contributed by atoms with Crippen molar-refractivity contribution < 1.29 is 13.2 Å². The quantitative estimate of drug-likeness (QED) is 0.728. The highest BCUT2D eigenvalue weighted by atomic mass is 32.2. The van der Waals surface area contributed by atoms with Crippen LogP contribution in [0.15, 0.2) is 12.3 Å². The summed E-state index contributed by atoms with van der Waals surface area (Å²) in [4.78, 5) is 11.5. The molecule has 15 heavy (non-hydrogen) atoms. The summed E-state index contributed by atoms with van der Waals surface area (Å²) in [7, 11) is -1.56. The molecule has 0 aromatic carbocycles. The fourth-order valence-corrected chi connectivity index (χ4v) is 1.68. The molecular weight excluding hydrogens is 216 g/mol. The van der Waals surface area contributed by atoms with E-state index in [0.29, 0.717) is 5.69 Å². The molecule has 1 aromatic rings.